The van der Waals surface area contributed by atoms with Crippen molar-refractivity contribution in [2.24, 2.45) is 0 Å². The van der Waals surface area contributed by atoms with Crippen molar-refractivity contribution in [3.63, 3.8) is 0 Å². The number of carbonyl (C=O) groups is 2. The van der Waals surface area contributed by atoms with Crippen LogP contribution in [0.15, 0.2) is 29.2 Å². The molecule has 0 fully saturated rings. The molecular weight excluding hydrogens is 697 g/mol. The van der Waals surface area contributed by atoms with E-state index in [0.29, 0.717) is 12.8 Å². The number of benzene rings is 1. The zero-order valence-electron chi connectivity index (χ0n) is 35.2. The first-order valence-electron chi connectivity index (χ1n) is 22.6. The molecule has 0 bridgehead atoms. The number of unbranched alkanes of at least 4 members (excludes halogenated alkanes) is 28. The summed E-state index contributed by atoms with van der Waals surface area (Å²) in [5, 5.41) is 0. The van der Waals surface area contributed by atoms with Crippen molar-refractivity contribution in [1.82, 2.24) is 0 Å². The monoisotopic (exact) mass is 779 g/mol. The first-order chi connectivity index (χ1) is 26.3. The minimum Gasteiger partial charge on any atom is -0.462 e. The summed E-state index contributed by atoms with van der Waals surface area (Å²) in [4.78, 5) is 25.3. The highest BCUT2D eigenvalue weighted by Gasteiger charge is 2.23. The van der Waals surface area contributed by atoms with Gasteiger partial charge in [-0.1, -0.05) is 211 Å². The van der Waals surface area contributed by atoms with Crippen molar-refractivity contribution in [3.8, 4) is 0 Å². The summed E-state index contributed by atoms with van der Waals surface area (Å²) in [6.07, 6.45) is 37.0. The second-order valence-electron chi connectivity index (χ2n) is 15.7. The van der Waals surface area contributed by atoms with Crippen LogP contribution in [0.2, 0.25) is 0 Å². The molecule has 0 spiro atoms. The Bertz CT molecular complexity index is 1120. The van der Waals surface area contributed by atoms with E-state index in [-0.39, 0.29) is 23.9 Å². The lowest BCUT2D eigenvalue weighted by Crippen LogP contribution is -2.31. The van der Waals surface area contributed by atoms with Gasteiger partial charge in [-0.05, 0) is 31.9 Å². The highest BCUT2D eigenvalue weighted by Crippen LogP contribution is 2.18. The maximum absolute atomic E-state index is 12.8. The predicted octanol–water partition coefficient (Wildman–Crippen LogP) is 13.7. The summed E-state index contributed by atoms with van der Waals surface area (Å²) in [6, 6.07) is 6.37. The van der Waals surface area contributed by atoms with Gasteiger partial charge in [0.2, 0.25) is 0 Å². The Kier molecular flexibility index (Phi) is 32.9. The molecule has 8 heteroatoms. The lowest BCUT2D eigenvalue weighted by Gasteiger charge is -2.18. The van der Waals surface area contributed by atoms with Crippen molar-refractivity contribution < 1.29 is 31.7 Å². The van der Waals surface area contributed by atoms with Gasteiger partial charge in [0.25, 0.3) is 10.1 Å². The molecule has 54 heavy (non-hydrogen) atoms. The fourth-order valence-corrected chi connectivity index (χ4v) is 7.78. The number of aryl methyl sites for hydroxylation is 1. The second-order valence-corrected chi connectivity index (χ2v) is 17.4. The maximum Gasteiger partial charge on any atom is 0.306 e. The van der Waals surface area contributed by atoms with Crippen LogP contribution in [0.3, 0.4) is 0 Å². The molecule has 0 aliphatic rings. The molecule has 0 saturated carbocycles. The van der Waals surface area contributed by atoms with E-state index in [4.69, 9.17) is 13.7 Å². The second kappa shape index (κ2) is 35.5. The van der Waals surface area contributed by atoms with E-state index >= 15 is 0 Å². The molecule has 0 aliphatic carbocycles. The van der Waals surface area contributed by atoms with E-state index in [1.807, 2.05) is 6.92 Å². The fourth-order valence-electron chi connectivity index (χ4n) is 6.84. The van der Waals surface area contributed by atoms with Crippen molar-refractivity contribution >= 4 is 22.1 Å². The molecule has 1 rings (SSSR count). The Hall–Kier alpha value is -1.93. The summed E-state index contributed by atoms with van der Waals surface area (Å²) < 4.78 is 41.9. The molecule has 0 amide bonds. The van der Waals surface area contributed by atoms with Crippen LogP contribution in [0.4, 0.5) is 0 Å². The molecule has 1 atom stereocenters. The first kappa shape index (κ1) is 50.1. The normalized spacial score (nSPS) is 12.2. The number of carbonyl (C=O) groups excluding carboxylic acids is 2. The van der Waals surface area contributed by atoms with Gasteiger partial charge in [0, 0.05) is 12.8 Å². The molecule has 0 aromatic heterocycles. The van der Waals surface area contributed by atoms with Crippen LogP contribution >= 0.6 is 0 Å². The predicted molar refractivity (Wildman–Crippen MR) is 224 cm³/mol. The lowest BCUT2D eigenvalue weighted by molar-refractivity contribution is -0.161. The standard InChI is InChI=1S/C46H82O7S/c1-4-6-8-10-12-14-16-18-20-22-24-26-28-30-32-34-45(47)51-40-43(41-52-54(49,50)44-38-36-42(3)37-39-44)53-46(48)35-33-31-29-27-25-23-21-19-17-15-13-11-9-7-5-2/h36-39,43H,4-35,40-41H2,1-3H3/t43-/m1/s1. The molecular formula is C46H82O7S. The van der Waals surface area contributed by atoms with E-state index < -0.39 is 28.8 Å². The summed E-state index contributed by atoms with van der Waals surface area (Å²) in [5.41, 5.74) is 0.931. The van der Waals surface area contributed by atoms with Crippen LogP contribution in [0, 0.1) is 6.92 Å². The Labute approximate surface area is 333 Å². The zero-order valence-corrected chi connectivity index (χ0v) is 36.0. The van der Waals surface area contributed by atoms with Gasteiger partial charge < -0.3 is 9.47 Å². The Morgan fingerprint density at radius 2 is 0.815 bits per heavy atom. The van der Waals surface area contributed by atoms with E-state index in [0.717, 1.165) is 37.7 Å². The molecule has 1 aromatic rings. The SMILES string of the molecule is CCCCCCCCCCCCCCCCCC(=O)OC[C@H](COS(=O)(=O)c1ccc(C)cc1)OC(=O)CCCCCCCCCCCCCCCCC. The van der Waals surface area contributed by atoms with Crippen molar-refractivity contribution in [1.29, 1.82) is 0 Å². The summed E-state index contributed by atoms with van der Waals surface area (Å²) >= 11 is 0. The number of ether oxygens (including phenoxy) is 2. The molecule has 0 radical (unpaired) electrons. The smallest absolute Gasteiger partial charge is 0.306 e. The molecule has 1 aromatic carbocycles. The van der Waals surface area contributed by atoms with Crippen LogP contribution in [-0.4, -0.2) is 39.7 Å². The minimum atomic E-state index is -4.06. The molecule has 0 N–H and O–H groups in total. The van der Waals surface area contributed by atoms with Crippen LogP contribution < -0.4 is 0 Å². The fraction of sp³-hybridized carbons (Fsp3) is 0.826. The quantitative estimate of drug-likeness (QED) is 0.0373. The topological polar surface area (TPSA) is 96.0 Å². The third kappa shape index (κ3) is 30.3. The minimum absolute atomic E-state index is 0.0288. The lowest BCUT2D eigenvalue weighted by atomic mass is 10.0. The molecule has 0 aliphatic heterocycles. The molecule has 314 valence electrons. The third-order valence-corrected chi connectivity index (χ3v) is 11.7. The summed E-state index contributed by atoms with van der Waals surface area (Å²) in [7, 11) is -4.06. The van der Waals surface area contributed by atoms with Crippen LogP contribution in [0.25, 0.3) is 0 Å². The number of hydrogen-bond donors (Lipinski definition) is 0. The Morgan fingerprint density at radius 1 is 0.481 bits per heavy atom. The van der Waals surface area contributed by atoms with Gasteiger partial charge in [0.1, 0.15) is 13.2 Å². The third-order valence-electron chi connectivity index (χ3n) is 10.4. The van der Waals surface area contributed by atoms with Crippen molar-refractivity contribution in [2.45, 2.75) is 237 Å². The number of hydrogen-bond acceptors (Lipinski definition) is 7. The summed E-state index contributed by atoms with van der Waals surface area (Å²) in [5.74, 6) is -0.793. The molecule has 7 nitrogen and oxygen atoms in total. The zero-order chi connectivity index (χ0) is 39.4. The van der Waals surface area contributed by atoms with Crippen molar-refractivity contribution in [2.75, 3.05) is 13.2 Å². The van der Waals surface area contributed by atoms with Gasteiger partial charge in [-0.25, -0.2) is 0 Å². The highest BCUT2D eigenvalue weighted by molar-refractivity contribution is 7.86. The van der Waals surface area contributed by atoms with Gasteiger partial charge in [-0.3, -0.25) is 13.8 Å². The maximum atomic E-state index is 12.8. The summed E-state index contributed by atoms with van der Waals surface area (Å²) in [6.45, 7) is 5.76. The van der Waals surface area contributed by atoms with Gasteiger partial charge in [-0.15, -0.1) is 0 Å². The van der Waals surface area contributed by atoms with E-state index in [1.54, 1.807) is 12.1 Å². The highest BCUT2D eigenvalue weighted by atomic mass is 32.2. The van der Waals surface area contributed by atoms with E-state index in [9.17, 15) is 18.0 Å². The molecule has 0 saturated heterocycles. The first-order valence-corrected chi connectivity index (χ1v) is 24.0. The van der Waals surface area contributed by atoms with Crippen molar-refractivity contribution in [3.05, 3.63) is 29.8 Å². The van der Waals surface area contributed by atoms with Gasteiger partial charge in [-0.2, -0.15) is 8.42 Å². The van der Waals surface area contributed by atoms with E-state index in [1.165, 1.54) is 166 Å². The largest absolute Gasteiger partial charge is 0.462 e. The number of rotatable bonds is 39. The van der Waals surface area contributed by atoms with Crippen LogP contribution in [0.5, 0.6) is 0 Å². The molecule has 0 heterocycles. The van der Waals surface area contributed by atoms with Gasteiger partial charge >= 0.3 is 11.9 Å². The van der Waals surface area contributed by atoms with Crippen LogP contribution in [0.1, 0.15) is 225 Å². The average molecular weight is 779 g/mol. The van der Waals surface area contributed by atoms with Gasteiger partial charge in [0.15, 0.2) is 6.10 Å². The Balaban J connectivity index is 2.28. The van der Waals surface area contributed by atoms with Gasteiger partial charge in [0.05, 0.1) is 4.90 Å². The number of esters is 2. The average Bonchev–Trinajstić information content (AvgIpc) is 3.16. The van der Waals surface area contributed by atoms with E-state index in [2.05, 4.69) is 13.8 Å². The van der Waals surface area contributed by atoms with Crippen LogP contribution in [-0.2, 0) is 33.4 Å². The Morgan fingerprint density at radius 3 is 1.19 bits per heavy atom. The molecule has 0 unspecified atom stereocenters.